The number of imidazole rings is 1. The number of likely N-dealkylation sites (N-methyl/N-ethyl adjacent to an activating group) is 1. The van der Waals surface area contributed by atoms with E-state index in [0.717, 1.165) is 76.0 Å². The van der Waals surface area contributed by atoms with Crippen LogP contribution < -0.4 is 5.69 Å². The van der Waals surface area contributed by atoms with Gasteiger partial charge in [0.05, 0.1) is 19.0 Å². The Morgan fingerprint density at radius 2 is 1.94 bits per heavy atom. The smallest absolute Gasteiger partial charge is 0.333 e. The third-order valence-corrected chi connectivity index (χ3v) is 7.13. The van der Waals surface area contributed by atoms with Crippen molar-refractivity contribution in [3.8, 4) is 5.69 Å². The molecule has 1 fully saturated rings. The summed E-state index contributed by atoms with van der Waals surface area (Å²) in [6.07, 6.45) is 13.0. The number of nitrogens with zero attached hydrogens (tertiary/aromatic N) is 4. The van der Waals surface area contributed by atoms with E-state index >= 15 is 0 Å². The molecular weight excluding hydrogens is 392 g/mol. The van der Waals surface area contributed by atoms with Gasteiger partial charge in [0, 0.05) is 50.1 Å². The van der Waals surface area contributed by atoms with Crippen molar-refractivity contribution in [2.24, 2.45) is 5.92 Å². The number of esters is 1. The molecule has 0 saturated heterocycles. The van der Waals surface area contributed by atoms with Crippen molar-refractivity contribution in [1.29, 1.82) is 0 Å². The van der Waals surface area contributed by atoms with Crippen LogP contribution in [0.15, 0.2) is 29.5 Å². The Labute approximate surface area is 184 Å². The van der Waals surface area contributed by atoms with Gasteiger partial charge < -0.3 is 9.64 Å². The highest BCUT2D eigenvalue weighted by Gasteiger charge is 2.25. The van der Waals surface area contributed by atoms with Crippen LogP contribution in [0.1, 0.15) is 62.7 Å². The van der Waals surface area contributed by atoms with Gasteiger partial charge in [0.25, 0.3) is 0 Å². The molecular formula is C24H34N4O3. The van der Waals surface area contributed by atoms with Crippen molar-refractivity contribution < 1.29 is 9.53 Å². The number of carbonyl (C=O) groups excluding carboxylic acids is 1. The van der Waals surface area contributed by atoms with Crippen LogP contribution in [0.2, 0.25) is 0 Å². The maximum atomic E-state index is 13.2. The van der Waals surface area contributed by atoms with Crippen LogP contribution in [0.25, 0.3) is 5.69 Å². The number of fused-ring (bicyclic) bond motifs is 1. The van der Waals surface area contributed by atoms with E-state index < -0.39 is 0 Å². The van der Waals surface area contributed by atoms with E-state index in [1.807, 2.05) is 23.2 Å². The van der Waals surface area contributed by atoms with Gasteiger partial charge in [0.15, 0.2) is 0 Å². The summed E-state index contributed by atoms with van der Waals surface area (Å²) < 4.78 is 8.38. The number of hydrogen-bond acceptors (Lipinski definition) is 5. The molecule has 1 saturated carbocycles. The Morgan fingerprint density at radius 1 is 1.16 bits per heavy atom. The number of pyridine rings is 1. The fourth-order valence-electron chi connectivity index (χ4n) is 5.07. The summed E-state index contributed by atoms with van der Waals surface area (Å²) in [6.45, 7) is 5.36. The van der Waals surface area contributed by atoms with Gasteiger partial charge in [-0.3, -0.25) is 18.9 Å². The Hall–Kier alpha value is -2.41. The van der Waals surface area contributed by atoms with Crippen molar-refractivity contribution >= 4 is 5.97 Å². The van der Waals surface area contributed by atoms with E-state index in [2.05, 4.69) is 17.9 Å². The lowest BCUT2D eigenvalue weighted by Gasteiger charge is -2.28. The predicted octanol–water partition coefficient (Wildman–Crippen LogP) is 3.14. The highest BCUT2D eigenvalue weighted by molar-refractivity contribution is 5.69. The number of rotatable bonds is 6. The third-order valence-electron chi connectivity index (χ3n) is 7.13. The lowest BCUT2D eigenvalue weighted by Crippen LogP contribution is -2.29. The monoisotopic (exact) mass is 426 g/mol. The molecule has 0 radical (unpaired) electrons. The maximum Gasteiger partial charge on any atom is 0.333 e. The van der Waals surface area contributed by atoms with E-state index in [0.29, 0.717) is 12.3 Å². The minimum Gasteiger partial charge on any atom is -0.469 e. The topological polar surface area (TPSA) is 69.4 Å². The summed E-state index contributed by atoms with van der Waals surface area (Å²) in [7, 11) is 1.44. The van der Waals surface area contributed by atoms with E-state index in [1.165, 1.54) is 12.7 Å². The van der Waals surface area contributed by atoms with Gasteiger partial charge in [-0.2, -0.15) is 0 Å². The van der Waals surface area contributed by atoms with Crippen molar-refractivity contribution in [2.45, 2.75) is 64.3 Å². The minimum absolute atomic E-state index is 0.0172. The summed E-state index contributed by atoms with van der Waals surface area (Å²) in [6, 6.07) is 2.38. The predicted molar refractivity (Wildman–Crippen MR) is 120 cm³/mol. The summed E-state index contributed by atoms with van der Waals surface area (Å²) in [5.74, 6) is 0.414. The largest absolute Gasteiger partial charge is 0.469 e. The standard InChI is InChI=1S/C24H34N4O3/c1-3-26-12-10-19-16-21(17-25-22(19)11-13-26)28-15-14-27(24(28)30)20-7-4-18(5-8-20)6-9-23(29)31-2/h14-18,20H,3-13H2,1-2H3/t18-,20-. The fraction of sp³-hybridized carbons (Fsp3) is 0.625. The molecule has 0 aromatic carbocycles. The van der Waals surface area contributed by atoms with Crippen LogP contribution >= 0.6 is 0 Å². The van der Waals surface area contributed by atoms with Gasteiger partial charge in [-0.15, -0.1) is 0 Å². The summed E-state index contributed by atoms with van der Waals surface area (Å²) in [5, 5.41) is 0. The summed E-state index contributed by atoms with van der Waals surface area (Å²) in [5.41, 5.74) is 3.31. The fourth-order valence-corrected chi connectivity index (χ4v) is 5.07. The van der Waals surface area contributed by atoms with Gasteiger partial charge in [-0.05, 0) is 62.6 Å². The zero-order valence-electron chi connectivity index (χ0n) is 18.8. The third kappa shape index (κ3) is 4.92. The van der Waals surface area contributed by atoms with Gasteiger partial charge in [-0.1, -0.05) is 6.92 Å². The van der Waals surface area contributed by atoms with Crippen molar-refractivity contribution in [1.82, 2.24) is 19.0 Å². The van der Waals surface area contributed by atoms with Crippen molar-refractivity contribution in [2.75, 3.05) is 26.7 Å². The Bertz CT molecular complexity index is 956. The average Bonchev–Trinajstić information content (AvgIpc) is 3.06. The van der Waals surface area contributed by atoms with Gasteiger partial charge in [0.2, 0.25) is 0 Å². The zero-order chi connectivity index (χ0) is 21.8. The number of carbonyl (C=O) groups is 1. The van der Waals surface area contributed by atoms with E-state index in [9.17, 15) is 9.59 Å². The first-order chi connectivity index (χ1) is 15.1. The SMILES string of the molecule is CCN1CCc2cc(-n3ccn([C@H]4CC[C@H](CCC(=O)OC)CC4)c3=O)cnc2CC1. The molecule has 7 heteroatoms. The molecule has 0 unspecified atom stereocenters. The van der Waals surface area contributed by atoms with E-state index in [4.69, 9.17) is 9.72 Å². The second kappa shape index (κ2) is 9.81. The molecule has 3 heterocycles. The molecule has 0 amide bonds. The van der Waals surface area contributed by atoms with Crippen LogP contribution in [0.3, 0.4) is 0 Å². The summed E-state index contributed by atoms with van der Waals surface area (Å²) >= 11 is 0. The molecule has 0 N–H and O–H groups in total. The first-order valence-corrected chi connectivity index (χ1v) is 11.7. The second-order valence-corrected chi connectivity index (χ2v) is 8.88. The van der Waals surface area contributed by atoms with Crippen LogP contribution in [0.4, 0.5) is 0 Å². The Balaban J connectivity index is 1.43. The van der Waals surface area contributed by atoms with Crippen molar-refractivity contribution in [3.05, 3.63) is 46.4 Å². The normalized spacial score (nSPS) is 22.0. The number of aromatic nitrogens is 3. The van der Waals surface area contributed by atoms with Crippen LogP contribution in [0.5, 0.6) is 0 Å². The quantitative estimate of drug-likeness (QED) is 0.664. The molecule has 0 atom stereocenters. The van der Waals surface area contributed by atoms with Gasteiger partial charge in [-0.25, -0.2) is 4.79 Å². The van der Waals surface area contributed by atoms with Crippen LogP contribution in [-0.4, -0.2) is 51.7 Å². The minimum atomic E-state index is -0.132. The number of methoxy groups -OCH3 is 1. The molecule has 7 nitrogen and oxygen atoms in total. The summed E-state index contributed by atoms with van der Waals surface area (Å²) in [4.78, 5) is 31.7. The molecule has 1 aliphatic carbocycles. The maximum absolute atomic E-state index is 13.2. The zero-order valence-corrected chi connectivity index (χ0v) is 18.8. The Morgan fingerprint density at radius 3 is 2.68 bits per heavy atom. The lowest BCUT2D eigenvalue weighted by molar-refractivity contribution is -0.141. The molecule has 0 bridgehead atoms. The molecule has 2 aliphatic rings. The molecule has 2 aromatic heterocycles. The molecule has 2 aromatic rings. The molecule has 4 rings (SSSR count). The van der Waals surface area contributed by atoms with Crippen LogP contribution in [0, 0.1) is 5.92 Å². The van der Waals surface area contributed by atoms with Crippen LogP contribution in [-0.2, 0) is 22.4 Å². The molecule has 31 heavy (non-hydrogen) atoms. The van der Waals surface area contributed by atoms with E-state index in [1.54, 1.807) is 4.57 Å². The van der Waals surface area contributed by atoms with Crippen molar-refractivity contribution in [3.63, 3.8) is 0 Å². The lowest BCUT2D eigenvalue weighted by atomic mass is 9.83. The average molecular weight is 427 g/mol. The first-order valence-electron chi connectivity index (χ1n) is 11.7. The number of hydrogen-bond donors (Lipinski definition) is 0. The Kier molecular flexibility index (Phi) is 6.90. The van der Waals surface area contributed by atoms with E-state index in [-0.39, 0.29) is 17.7 Å². The highest BCUT2D eigenvalue weighted by atomic mass is 16.5. The first kappa shape index (κ1) is 21.8. The number of ether oxygens (including phenoxy) is 1. The molecule has 168 valence electrons. The van der Waals surface area contributed by atoms with Gasteiger partial charge in [0.1, 0.15) is 0 Å². The molecule has 1 aliphatic heterocycles. The second-order valence-electron chi connectivity index (χ2n) is 8.88. The molecule has 0 spiro atoms. The highest BCUT2D eigenvalue weighted by Crippen LogP contribution is 2.34. The van der Waals surface area contributed by atoms with Gasteiger partial charge >= 0.3 is 11.7 Å².